The molecule has 2 aromatic rings. The summed E-state index contributed by atoms with van der Waals surface area (Å²) >= 11 is 6.08. The van der Waals surface area contributed by atoms with E-state index >= 15 is 0 Å². The van der Waals surface area contributed by atoms with Gasteiger partial charge in [0, 0.05) is 31.6 Å². The van der Waals surface area contributed by atoms with Gasteiger partial charge < -0.3 is 14.7 Å². The molecule has 1 aliphatic heterocycles. The molecule has 6 nitrogen and oxygen atoms in total. The molecule has 1 saturated heterocycles. The number of nitrogens with zero attached hydrogens (tertiary/aromatic N) is 2. The van der Waals surface area contributed by atoms with Gasteiger partial charge in [-0.3, -0.25) is 9.59 Å². The predicted octanol–water partition coefficient (Wildman–Crippen LogP) is 3.55. The van der Waals surface area contributed by atoms with Crippen LogP contribution in [0.1, 0.15) is 46.6 Å². The highest BCUT2D eigenvalue weighted by molar-refractivity contribution is 6.33. The van der Waals surface area contributed by atoms with Crippen LogP contribution in [0.3, 0.4) is 0 Å². The Morgan fingerprint density at radius 1 is 1.32 bits per heavy atom. The van der Waals surface area contributed by atoms with Crippen molar-refractivity contribution >= 4 is 23.4 Å². The van der Waals surface area contributed by atoms with Crippen molar-refractivity contribution in [2.45, 2.75) is 39.5 Å². The molecule has 1 N–H and O–H groups in total. The average Bonchev–Trinajstić information content (AvgIpc) is 3.02. The molecule has 7 heteroatoms. The van der Waals surface area contributed by atoms with Gasteiger partial charge in [0.05, 0.1) is 16.3 Å². The third-order valence-corrected chi connectivity index (χ3v) is 5.64. The summed E-state index contributed by atoms with van der Waals surface area (Å²) in [4.78, 5) is 26.9. The first kappa shape index (κ1) is 20.4. The number of hydrogen-bond donors (Lipinski definition) is 1. The van der Waals surface area contributed by atoms with E-state index in [-0.39, 0.29) is 17.7 Å². The minimum absolute atomic E-state index is 0.141. The Labute approximate surface area is 170 Å². The van der Waals surface area contributed by atoms with Gasteiger partial charge in [0.15, 0.2) is 0 Å². The fourth-order valence-electron chi connectivity index (χ4n) is 3.68. The quantitative estimate of drug-likeness (QED) is 0.800. The number of carbonyl (C=O) groups is 2. The first-order chi connectivity index (χ1) is 13.5. The number of likely N-dealkylation sites (tertiary alicyclic amines) is 1. The number of aromatic nitrogens is 1. The molecule has 0 aliphatic carbocycles. The number of benzene rings is 1. The lowest BCUT2D eigenvalue weighted by Gasteiger charge is -2.33. The van der Waals surface area contributed by atoms with Crippen LogP contribution >= 0.6 is 11.6 Å². The lowest BCUT2D eigenvalue weighted by atomic mass is 9.97. The molecule has 1 fully saturated rings. The van der Waals surface area contributed by atoms with Crippen LogP contribution < -0.4 is 5.32 Å². The highest BCUT2D eigenvalue weighted by Gasteiger charge is 2.24. The van der Waals surface area contributed by atoms with E-state index in [9.17, 15) is 9.59 Å². The molecular formula is C21H26ClN3O3. The summed E-state index contributed by atoms with van der Waals surface area (Å²) in [7, 11) is 0. The lowest BCUT2D eigenvalue weighted by molar-refractivity contribution is -0.132. The summed E-state index contributed by atoms with van der Waals surface area (Å²) in [5.74, 6) is 1.00. The molecule has 1 atom stereocenters. The molecular weight excluding hydrogens is 378 g/mol. The van der Waals surface area contributed by atoms with Gasteiger partial charge in [0.25, 0.3) is 5.91 Å². The second kappa shape index (κ2) is 9.24. The third-order valence-electron chi connectivity index (χ3n) is 5.31. The van der Waals surface area contributed by atoms with Crippen molar-refractivity contribution in [1.29, 1.82) is 0 Å². The van der Waals surface area contributed by atoms with Gasteiger partial charge >= 0.3 is 0 Å². The number of aryl methyl sites for hydroxylation is 2. The van der Waals surface area contributed by atoms with E-state index in [2.05, 4.69) is 10.5 Å². The molecule has 28 heavy (non-hydrogen) atoms. The molecule has 0 unspecified atom stereocenters. The zero-order valence-corrected chi connectivity index (χ0v) is 17.1. The van der Waals surface area contributed by atoms with Crippen molar-refractivity contribution in [3.8, 4) is 0 Å². The maximum absolute atomic E-state index is 12.6. The summed E-state index contributed by atoms with van der Waals surface area (Å²) in [6, 6.07) is 7.01. The Kier molecular flexibility index (Phi) is 6.73. The summed E-state index contributed by atoms with van der Waals surface area (Å²) in [6.45, 7) is 5.75. The highest BCUT2D eigenvalue weighted by atomic mass is 35.5. The van der Waals surface area contributed by atoms with Crippen molar-refractivity contribution < 1.29 is 14.1 Å². The zero-order chi connectivity index (χ0) is 20.1. The number of halogens is 1. The second-order valence-electron chi connectivity index (χ2n) is 7.34. The Hall–Kier alpha value is -2.34. The van der Waals surface area contributed by atoms with Gasteiger partial charge in [0.2, 0.25) is 5.91 Å². The Bertz CT molecular complexity index is 830. The van der Waals surface area contributed by atoms with Crippen LogP contribution in [0.25, 0.3) is 0 Å². The smallest absolute Gasteiger partial charge is 0.252 e. The van der Waals surface area contributed by atoms with Crippen LogP contribution in [0.15, 0.2) is 28.8 Å². The van der Waals surface area contributed by atoms with E-state index in [1.807, 2.05) is 18.7 Å². The van der Waals surface area contributed by atoms with E-state index in [0.29, 0.717) is 36.5 Å². The van der Waals surface area contributed by atoms with Crippen LogP contribution in [-0.2, 0) is 11.2 Å². The van der Waals surface area contributed by atoms with Crippen molar-refractivity contribution in [1.82, 2.24) is 15.4 Å². The van der Waals surface area contributed by atoms with Gasteiger partial charge in [-0.05, 0) is 51.2 Å². The second-order valence-corrected chi connectivity index (χ2v) is 7.75. The van der Waals surface area contributed by atoms with Crippen LogP contribution in [0, 0.1) is 19.8 Å². The minimum Gasteiger partial charge on any atom is -0.361 e. The van der Waals surface area contributed by atoms with Gasteiger partial charge in [-0.25, -0.2) is 0 Å². The number of rotatable bonds is 6. The van der Waals surface area contributed by atoms with Crippen molar-refractivity contribution in [2.24, 2.45) is 5.92 Å². The SMILES string of the molecule is Cc1noc(C)c1CCC(=O)N1CCC[C@H](CNC(=O)c2ccccc2Cl)C1. The first-order valence-corrected chi connectivity index (χ1v) is 10.1. The zero-order valence-electron chi connectivity index (χ0n) is 16.3. The van der Waals surface area contributed by atoms with E-state index in [1.165, 1.54) is 0 Å². The summed E-state index contributed by atoms with van der Waals surface area (Å²) in [5, 5.41) is 7.34. The van der Waals surface area contributed by atoms with Crippen molar-refractivity contribution in [2.75, 3.05) is 19.6 Å². The van der Waals surface area contributed by atoms with Crippen LogP contribution in [0.2, 0.25) is 5.02 Å². The largest absolute Gasteiger partial charge is 0.361 e. The average molecular weight is 404 g/mol. The molecule has 0 saturated carbocycles. The van der Waals surface area contributed by atoms with Gasteiger partial charge in [-0.1, -0.05) is 28.9 Å². The molecule has 3 rings (SSSR count). The monoisotopic (exact) mass is 403 g/mol. The van der Waals surface area contributed by atoms with Crippen LogP contribution in [0.4, 0.5) is 0 Å². The Morgan fingerprint density at radius 2 is 2.11 bits per heavy atom. The molecule has 0 radical (unpaired) electrons. The molecule has 2 heterocycles. The summed E-state index contributed by atoms with van der Waals surface area (Å²) in [5.41, 5.74) is 2.35. The molecule has 1 aromatic heterocycles. The van der Waals surface area contributed by atoms with E-state index in [0.717, 1.165) is 36.4 Å². The molecule has 0 bridgehead atoms. The topological polar surface area (TPSA) is 75.4 Å². The van der Waals surface area contributed by atoms with Crippen LogP contribution in [0.5, 0.6) is 0 Å². The maximum Gasteiger partial charge on any atom is 0.252 e. The number of piperidine rings is 1. The van der Waals surface area contributed by atoms with Gasteiger partial charge in [0.1, 0.15) is 5.76 Å². The molecule has 1 aliphatic rings. The van der Waals surface area contributed by atoms with E-state index in [4.69, 9.17) is 16.1 Å². The van der Waals surface area contributed by atoms with Gasteiger partial charge in [-0.15, -0.1) is 0 Å². The first-order valence-electron chi connectivity index (χ1n) is 9.68. The molecule has 0 spiro atoms. The predicted molar refractivity (Wildman–Crippen MR) is 107 cm³/mol. The fourth-order valence-corrected chi connectivity index (χ4v) is 3.91. The standard InChI is InChI=1S/C21H26ClN3O3/c1-14-17(15(2)28-24-14)9-10-20(26)25-11-5-6-16(13-25)12-23-21(27)18-7-3-4-8-19(18)22/h3-4,7-8,16H,5-6,9-13H2,1-2H3,(H,23,27)/t16-/m1/s1. The number of amides is 2. The Morgan fingerprint density at radius 3 is 2.82 bits per heavy atom. The summed E-state index contributed by atoms with van der Waals surface area (Å²) < 4.78 is 5.16. The highest BCUT2D eigenvalue weighted by Crippen LogP contribution is 2.20. The van der Waals surface area contributed by atoms with E-state index in [1.54, 1.807) is 24.3 Å². The number of carbonyl (C=O) groups excluding carboxylic acids is 2. The van der Waals surface area contributed by atoms with E-state index < -0.39 is 0 Å². The fraction of sp³-hybridized carbons (Fsp3) is 0.476. The normalized spacial score (nSPS) is 16.8. The van der Waals surface area contributed by atoms with Gasteiger partial charge in [-0.2, -0.15) is 0 Å². The van der Waals surface area contributed by atoms with Crippen LogP contribution in [-0.4, -0.2) is 41.5 Å². The van der Waals surface area contributed by atoms with Crippen molar-refractivity contribution in [3.05, 3.63) is 51.9 Å². The summed E-state index contributed by atoms with van der Waals surface area (Å²) in [6.07, 6.45) is 3.03. The molecule has 2 amide bonds. The molecule has 150 valence electrons. The number of nitrogens with one attached hydrogen (secondary N) is 1. The Balaban J connectivity index is 1.49. The third kappa shape index (κ3) is 4.93. The minimum atomic E-state index is -0.174. The number of hydrogen-bond acceptors (Lipinski definition) is 4. The van der Waals surface area contributed by atoms with Crippen molar-refractivity contribution in [3.63, 3.8) is 0 Å². The molecule has 1 aromatic carbocycles. The maximum atomic E-state index is 12.6. The lowest BCUT2D eigenvalue weighted by Crippen LogP contribution is -2.43.